The van der Waals surface area contributed by atoms with Gasteiger partial charge in [-0.15, -0.1) is 0 Å². The Morgan fingerprint density at radius 1 is 0.338 bits per heavy atom. The first-order chi connectivity index (χ1) is 39.5. The van der Waals surface area contributed by atoms with E-state index in [2.05, 4.69) is 43.5 Å². The average molecular weight is 1130 g/mol. The van der Waals surface area contributed by atoms with E-state index in [0.29, 0.717) is 25.9 Å². The van der Waals surface area contributed by atoms with Gasteiger partial charge in [0.25, 0.3) is 0 Å². The van der Waals surface area contributed by atoms with Gasteiger partial charge in [-0.25, -0.2) is 0 Å². The molecule has 0 aromatic carbocycles. The molecule has 6 heteroatoms. The van der Waals surface area contributed by atoms with Crippen molar-refractivity contribution in [1.82, 2.24) is 5.32 Å². The number of rotatable bonds is 69. The van der Waals surface area contributed by atoms with Gasteiger partial charge in [-0.05, 0) is 70.6 Å². The van der Waals surface area contributed by atoms with Crippen molar-refractivity contribution in [1.29, 1.82) is 0 Å². The third kappa shape index (κ3) is 65.5. The minimum atomic E-state index is -0.664. The summed E-state index contributed by atoms with van der Waals surface area (Å²) < 4.78 is 5.47. The maximum Gasteiger partial charge on any atom is 0.305 e. The molecular weight excluding hydrogens is 983 g/mol. The van der Waals surface area contributed by atoms with E-state index in [0.717, 1.165) is 44.9 Å². The van der Waals surface area contributed by atoms with E-state index in [9.17, 15) is 19.8 Å². The molecule has 0 saturated heterocycles. The van der Waals surface area contributed by atoms with Gasteiger partial charge in [-0.3, -0.25) is 9.59 Å². The van der Waals surface area contributed by atoms with Crippen LogP contribution in [0.25, 0.3) is 0 Å². The molecule has 80 heavy (non-hydrogen) atoms. The van der Waals surface area contributed by atoms with Crippen LogP contribution >= 0.6 is 0 Å². The van der Waals surface area contributed by atoms with Crippen LogP contribution in [0.4, 0.5) is 0 Å². The maximum atomic E-state index is 12.6. The highest BCUT2D eigenvalue weighted by molar-refractivity contribution is 5.76. The van der Waals surface area contributed by atoms with E-state index >= 15 is 0 Å². The molecule has 0 radical (unpaired) electrons. The summed E-state index contributed by atoms with van der Waals surface area (Å²) in [5, 5.41) is 23.4. The van der Waals surface area contributed by atoms with Crippen LogP contribution in [0.1, 0.15) is 412 Å². The smallest absolute Gasteiger partial charge is 0.305 e. The van der Waals surface area contributed by atoms with Crippen molar-refractivity contribution in [3.63, 3.8) is 0 Å². The highest BCUT2D eigenvalue weighted by Crippen LogP contribution is 2.19. The molecule has 0 aromatic heterocycles. The summed E-state index contributed by atoms with van der Waals surface area (Å²) in [7, 11) is 0. The second kappa shape index (κ2) is 69.8. The van der Waals surface area contributed by atoms with Crippen molar-refractivity contribution in [2.75, 3.05) is 13.2 Å². The molecule has 0 aromatic rings. The summed E-state index contributed by atoms with van der Waals surface area (Å²) in [5.74, 6) is -0.0209. The molecule has 0 saturated carbocycles. The SMILES string of the molecule is CCCC/C=C\CCCCCCCC(=O)OCCCCCCCCCCCCCC/C=C\CCCCCCCCCCCCCCCCCC(=O)NC(CO)C(O)CCCCCCCCCCCCCCCCCCCCCCC. The van der Waals surface area contributed by atoms with Crippen LogP contribution in [0.2, 0.25) is 0 Å². The number of esters is 1. The molecule has 0 rings (SSSR count). The molecule has 0 spiro atoms. The Morgan fingerprint density at radius 2 is 0.600 bits per heavy atom. The number of aliphatic hydroxyl groups is 2. The Morgan fingerprint density at radius 3 is 0.925 bits per heavy atom. The number of hydrogen-bond donors (Lipinski definition) is 3. The molecule has 474 valence electrons. The fourth-order valence-corrected chi connectivity index (χ4v) is 11.6. The quantitative estimate of drug-likeness (QED) is 0.0320. The van der Waals surface area contributed by atoms with Crippen LogP contribution in [0, 0.1) is 0 Å². The van der Waals surface area contributed by atoms with Gasteiger partial charge in [-0.1, -0.05) is 353 Å². The standard InChI is InChI=1S/C74H143NO5/c1-3-5-7-9-11-13-15-16-17-18-19-31-34-37-40-43-47-50-54-58-62-66-72(77)71(70-76)75-73(78)67-63-59-55-51-48-44-41-38-35-32-29-27-25-23-21-20-22-24-26-28-30-33-36-39-42-45-49-53-57-61-65-69-80-74(79)68-64-60-56-52-46-14-12-10-8-6-4-2/h10,12,22,24,71-72,76-77H,3-9,11,13-21,23,25-70H2,1-2H3,(H,75,78)/b12-10-,24-22-. The van der Waals surface area contributed by atoms with Crippen molar-refractivity contribution in [2.45, 2.75) is 424 Å². The molecule has 0 fully saturated rings. The van der Waals surface area contributed by atoms with Crippen LogP contribution in [-0.2, 0) is 14.3 Å². The number of ether oxygens (including phenoxy) is 1. The van der Waals surface area contributed by atoms with Gasteiger partial charge in [0.1, 0.15) is 0 Å². The van der Waals surface area contributed by atoms with Crippen molar-refractivity contribution in [3.05, 3.63) is 24.3 Å². The molecule has 0 aliphatic carbocycles. The van der Waals surface area contributed by atoms with E-state index in [1.165, 1.54) is 334 Å². The highest BCUT2D eigenvalue weighted by Gasteiger charge is 2.20. The Balaban J connectivity index is 3.37. The summed E-state index contributed by atoms with van der Waals surface area (Å²) in [6, 6.07) is -0.541. The lowest BCUT2D eigenvalue weighted by atomic mass is 10.0. The van der Waals surface area contributed by atoms with Crippen LogP contribution < -0.4 is 5.32 Å². The second-order valence-corrected chi connectivity index (χ2v) is 25.3. The summed E-state index contributed by atoms with van der Waals surface area (Å²) in [5.41, 5.74) is 0. The number of carbonyl (C=O) groups is 2. The molecule has 0 aliphatic rings. The minimum absolute atomic E-state index is 0.00719. The lowest BCUT2D eigenvalue weighted by molar-refractivity contribution is -0.143. The van der Waals surface area contributed by atoms with Crippen LogP contribution in [0.15, 0.2) is 24.3 Å². The molecule has 2 unspecified atom stereocenters. The number of aliphatic hydroxyl groups excluding tert-OH is 2. The summed E-state index contributed by atoms with van der Waals surface area (Å²) in [6.45, 7) is 4.95. The fourth-order valence-electron chi connectivity index (χ4n) is 11.6. The van der Waals surface area contributed by atoms with Crippen LogP contribution in [0.5, 0.6) is 0 Å². The minimum Gasteiger partial charge on any atom is -0.466 e. The Kier molecular flexibility index (Phi) is 68.4. The van der Waals surface area contributed by atoms with Crippen LogP contribution in [-0.4, -0.2) is 47.4 Å². The highest BCUT2D eigenvalue weighted by atomic mass is 16.5. The van der Waals surface area contributed by atoms with E-state index in [1.54, 1.807) is 0 Å². The first-order valence-corrected chi connectivity index (χ1v) is 36.6. The molecule has 2 atom stereocenters. The lowest BCUT2D eigenvalue weighted by Gasteiger charge is -2.22. The topological polar surface area (TPSA) is 95.9 Å². The second-order valence-electron chi connectivity index (χ2n) is 25.3. The van der Waals surface area contributed by atoms with E-state index in [-0.39, 0.29) is 18.5 Å². The zero-order chi connectivity index (χ0) is 57.8. The average Bonchev–Trinajstić information content (AvgIpc) is 3.46. The van der Waals surface area contributed by atoms with Gasteiger partial charge >= 0.3 is 5.97 Å². The summed E-state index contributed by atoms with van der Waals surface area (Å²) in [4.78, 5) is 24.6. The Labute approximate surface area is 501 Å². The van der Waals surface area contributed by atoms with Gasteiger partial charge in [0.2, 0.25) is 5.91 Å². The maximum absolute atomic E-state index is 12.6. The fraction of sp³-hybridized carbons (Fsp3) is 0.919. The van der Waals surface area contributed by atoms with Gasteiger partial charge in [0.15, 0.2) is 0 Å². The number of unbranched alkanes of at least 4 members (excludes halogenated alkanes) is 54. The van der Waals surface area contributed by atoms with E-state index in [1.807, 2.05) is 0 Å². The largest absolute Gasteiger partial charge is 0.466 e. The predicted molar refractivity (Wildman–Crippen MR) is 352 cm³/mol. The molecule has 1 amide bonds. The van der Waals surface area contributed by atoms with Crippen molar-refractivity contribution < 1.29 is 24.5 Å². The Bertz CT molecular complexity index is 1250. The van der Waals surface area contributed by atoms with Gasteiger partial charge in [0, 0.05) is 12.8 Å². The van der Waals surface area contributed by atoms with E-state index in [4.69, 9.17) is 4.74 Å². The Hall–Kier alpha value is -1.66. The number of nitrogens with one attached hydrogen (secondary N) is 1. The zero-order valence-electron chi connectivity index (χ0n) is 54.3. The van der Waals surface area contributed by atoms with Gasteiger partial charge in [0.05, 0.1) is 25.4 Å². The first-order valence-electron chi connectivity index (χ1n) is 36.6. The molecule has 0 aliphatic heterocycles. The third-order valence-corrected chi connectivity index (χ3v) is 17.2. The molecular formula is C74H143NO5. The molecule has 0 heterocycles. The number of allylic oxidation sites excluding steroid dienone is 4. The molecule has 6 nitrogen and oxygen atoms in total. The molecule has 0 bridgehead atoms. The van der Waals surface area contributed by atoms with Crippen molar-refractivity contribution in [3.8, 4) is 0 Å². The van der Waals surface area contributed by atoms with Gasteiger partial charge in [-0.2, -0.15) is 0 Å². The summed E-state index contributed by atoms with van der Waals surface area (Å²) >= 11 is 0. The monoisotopic (exact) mass is 1130 g/mol. The van der Waals surface area contributed by atoms with E-state index < -0.39 is 12.1 Å². The zero-order valence-corrected chi connectivity index (χ0v) is 54.3. The predicted octanol–water partition coefficient (Wildman–Crippen LogP) is 23.7. The van der Waals surface area contributed by atoms with Crippen LogP contribution in [0.3, 0.4) is 0 Å². The number of hydrogen-bond acceptors (Lipinski definition) is 5. The summed E-state index contributed by atoms with van der Waals surface area (Å²) in [6.07, 6.45) is 88.2. The molecule has 3 N–H and O–H groups in total. The normalized spacial score (nSPS) is 12.6. The van der Waals surface area contributed by atoms with Crippen molar-refractivity contribution in [2.24, 2.45) is 0 Å². The van der Waals surface area contributed by atoms with Crippen molar-refractivity contribution >= 4 is 11.9 Å². The third-order valence-electron chi connectivity index (χ3n) is 17.2. The number of carbonyl (C=O) groups excluding carboxylic acids is 2. The van der Waals surface area contributed by atoms with Gasteiger partial charge < -0.3 is 20.3 Å². The number of amides is 1. The first kappa shape index (κ1) is 78.3. The lowest BCUT2D eigenvalue weighted by Crippen LogP contribution is -2.45.